The van der Waals surface area contributed by atoms with E-state index in [0.29, 0.717) is 10.8 Å². The van der Waals surface area contributed by atoms with Crippen molar-refractivity contribution in [3.8, 4) is 0 Å². The van der Waals surface area contributed by atoms with Crippen molar-refractivity contribution in [3.05, 3.63) is 33.9 Å². The summed E-state index contributed by atoms with van der Waals surface area (Å²) in [5, 5.41) is 11.1. The van der Waals surface area contributed by atoms with Gasteiger partial charge in [0.15, 0.2) is 0 Å². The highest BCUT2D eigenvalue weighted by atomic mass is 35.6. The quantitative estimate of drug-likeness (QED) is 0.309. The molecule has 0 N–H and O–H groups in total. The number of nitrogens with zero attached hydrogens (tertiary/aromatic N) is 1. The first kappa shape index (κ1) is 16.2. The van der Waals surface area contributed by atoms with E-state index in [0.717, 1.165) is 4.90 Å². The Morgan fingerprint density at radius 2 is 1.94 bits per heavy atom. The lowest BCUT2D eigenvalue weighted by atomic mass is 10.2. The van der Waals surface area contributed by atoms with Crippen LogP contribution < -0.4 is 0 Å². The second-order valence-electron chi connectivity index (χ2n) is 3.66. The standard InChI is InChI=1S/C10H10Cl3NO2S2/c1-6(2)17-18-9-4-3-7(14(15)16)5-8(9)10(11,12)13/h3-6H,1-2H3. The third kappa shape index (κ3) is 4.70. The molecular formula is C10H10Cl3NO2S2. The van der Waals surface area contributed by atoms with Crippen molar-refractivity contribution in [1.29, 1.82) is 0 Å². The molecule has 0 aliphatic heterocycles. The normalized spacial score (nSPS) is 11.9. The summed E-state index contributed by atoms with van der Waals surface area (Å²) in [6.07, 6.45) is 0. The summed E-state index contributed by atoms with van der Waals surface area (Å²) in [7, 11) is 3.04. The highest BCUT2D eigenvalue weighted by molar-refractivity contribution is 8.76. The summed E-state index contributed by atoms with van der Waals surface area (Å²) in [6.45, 7) is 4.08. The largest absolute Gasteiger partial charge is 0.269 e. The average Bonchev–Trinajstić information content (AvgIpc) is 2.24. The zero-order valence-corrected chi connectivity index (χ0v) is 13.4. The van der Waals surface area contributed by atoms with E-state index in [2.05, 4.69) is 0 Å². The summed E-state index contributed by atoms with van der Waals surface area (Å²) in [5.74, 6) is 0. The number of rotatable bonds is 4. The van der Waals surface area contributed by atoms with Crippen LogP contribution in [0.2, 0.25) is 0 Å². The van der Waals surface area contributed by atoms with Crippen molar-refractivity contribution in [1.82, 2.24) is 0 Å². The Bertz CT molecular complexity index is 449. The average molecular weight is 347 g/mol. The molecule has 0 unspecified atom stereocenters. The van der Waals surface area contributed by atoms with Gasteiger partial charge in [0.25, 0.3) is 5.69 Å². The van der Waals surface area contributed by atoms with Gasteiger partial charge in [-0.2, -0.15) is 0 Å². The van der Waals surface area contributed by atoms with E-state index < -0.39 is 8.72 Å². The predicted molar refractivity (Wildman–Crippen MR) is 80.9 cm³/mol. The van der Waals surface area contributed by atoms with Crippen LogP contribution in [0.15, 0.2) is 23.1 Å². The van der Waals surface area contributed by atoms with E-state index in [1.807, 2.05) is 13.8 Å². The van der Waals surface area contributed by atoms with Gasteiger partial charge < -0.3 is 0 Å². The number of hydrogen-bond donors (Lipinski definition) is 0. The van der Waals surface area contributed by atoms with Crippen LogP contribution >= 0.6 is 56.4 Å². The topological polar surface area (TPSA) is 43.1 Å². The lowest BCUT2D eigenvalue weighted by molar-refractivity contribution is -0.385. The van der Waals surface area contributed by atoms with Crippen LogP contribution in [0.25, 0.3) is 0 Å². The van der Waals surface area contributed by atoms with Crippen molar-refractivity contribution in [2.75, 3.05) is 0 Å². The number of nitro benzene ring substituents is 1. The molecule has 0 radical (unpaired) electrons. The smallest absolute Gasteiger partial charge is 0.258 e. The van der Waals surface area contributed by atoms with Crippen molar-refractivity contribution in [3.63, 3.8) is 0 Å². The Morgan fingerprint density at radius 3 is 2.39 bits per heavy atom. The van der Waals surface area contributed by atoms with Crippen LogP contribution in [0, 0.1) is 10.1 Å². The van der Waals surface area contributed by atoms with Crippen LogP contribution in [-0.2, 0) is 3.79 Å². The Balaban J connectivity index is 3.13. The minimum absolute atomic E-state index is 0.0878. The molecule has 0 atom stereocenters. The van der Waals surface area contributed by atoms with Crippen LogP contribution in [0.5, 0.6) is 0 Å². The number of non-ortho nitro benzene ring substituents is 1. The summed E-state index contributed by atoms with van der Waals surface area (Å²) in [5.41, 5.74) is 0.245. The lowest BCUT2D eigenvalue weighted by Crippen LogP contribution is -2.03. The van der Waals surface area contributed by atoms with Gasteiger partial charge in [0.05, 0.1) is 4.92 Å². The number of halogens is 3. The fourth-order valence-corrected chi connectivity index (χ4v) is 3.76. The van der Waals surface area contributed by atoms with E-state index in [1.54, 1.807) is 16.9 Å². The lowest BCUT2D eigenvalue weighted by Gasteiger charge is -2.16. The molecule has 0 bridgehead atoms. The van der Waals surface area contributed by atoms with Gasteiger partial charge in [0.2, 0.25) is 3.79 Å². The van der Waals surface area contributed by atoms with Crippen LogP contribution in [-0.4, -0.2) is 10.2 Å². The predicted octanol–water partition coefficient (Wildman–Crippen LogP) is 5.57. The number of benzene rings is 1. The molecule has 0 aliphatic rings. The maximum atomic E-state index is 10.7. The van der Waals surface area contributed by atoms with Gasteiger partial charge in [-0.05, 0) is 6.07 Å². The molecule has 0 aliphatic carbocycles. The molecule has 0 spiro atoms. The molecule has 0 amide bonds. The zero-order valence-electron chi connectivity index (χ0n) is 9.52. The Hall–Kier alpha value is 0.190. The van der Waals surface area contributed by atoms with Gasteiger partial charge in [-0.25, -0.2) is 0 Å². The Morgan fingerprint density at radius 1 is 1.33 bits per heavy atom. The fraction of sp³-hybridized carbons (Fsp3) is 0.400. The number of alkyl halides is 3. The number of nitro groups is 1. The summed E-state index contributed by atoms with van der Waals surface area (Å²) in [4.78, 5) is 10.9. The van der Waals surface area contributed by atoms with Crippen molar-refractivity contribution < 1.29 is 4.92 Å². The third-order valence-corrected chi connectivity index (χ3v) is 5.42. The van der Waals surface area contributed by atoms with Gasteiger partial charge in [-0.3, -0.25) is 10.1 Å². The number of hydrogen-bond acceptors (Lipinski definition) is 4. The summed E-state index contributed by atoms with van der Waals surface area (Å²) in [6, 6.07) is 4.31. The van der Waals surface area contributed by atoms with Gasteiger partial charge in [0.1, 0.15) is 0 Å². The molecule has 100 valence electrons. The molecule has 0 saturated carbocycles. The van der Waals surface area contributed by atoms with Crippen LogP contribution in [0.4, 0.5) is 5.69 Å². The van der Waals surface area contributed by atoms with E-state index in [4.69, 9.17) is 34.8 Å². The first-order valence-corrected chi connectivity index (χ1v) is 8.25. The van der Waals surface area contributed by atoms with Crippen LogP contribution in [0.1, 0.15) is 19.4 Å². The summed E-state index contributed by atoms with van der Waals surface area (Å²) < 4.78 is -1.67. The second-order valence-corrected chi connectivity index (χ2v) is 8.76. The molecule has 8 heteroatoms. The minimum Gasteiger partial charge on any atom is -0.258 e. The van der Waals surface area contributed by atoms with Gasteiger partial charge in [-0.15, -0.1) is 0 Å². The highest BCUT2D eigenvalue weighted by Gasteiger charge is 2.28. The molecule has 18 heavy (non-hydrogen) atoms. The second kappa shape index (κ2) is 6.57. The molecule has 3 nitrogen and oxygen atoms in total. The molecule has 0 saturated heterocycles. The highest BCUT2D eigenvalue weighted by Crippen LogP contribution is 2.47. The minimum atomic E-state index is -1.67. The molecule has 1 aromatic carbocycles. The van der Waals surface area contributed by atoms with Gasteiger partial charge >= 0.3 is 0 Å². The fourth-order valence-electron chi connectivity index (χ4n) is 1.07. The zero-order chi connectivity index (χ0) is 13.9. The van der Waals surface area contributed by atoms with E-state index in [-0.39, 0.29) is 5.69 Å². The summed E-state index contributed by atoms with van der Waals surface area (Å²) >= 11 is 17.5. The molecule has 0 aromatic heterocycles. The molecule has 0 fully saturated rings. The van der Waals surface area contributed by atoms with Gasteiger partial charge in [0, 0.05) is 27.8 Å². The Labute approximate surface area is 128 Å². The van der Waals surface area contributed by atoms with Gasteiger partial charge in [-0.1, -0.05) is 70.2 Å². The molecule has 1 rings (SSSR count). The van der Waals surface area contributed by atoms with Crippen LogP contribution in [0.3, 0.4) is 0 Å². The Kier molecular flexibility index (Phi) is 5.93. The first-order chi connectivity index (χ1) is 8.21. The monoisotopic (exact) mass is 345 g/mol. The van der Waals surface area contributed by atoms with Crippen molar-refractivity contribution in [2.45, 2.75) is 27.8 Å². The van der Waals surface area contributed by atoms with Crippen molar-refractivity contribution >= 4 is 62.1 Å². The molecule has 0 heterocycles. The third-order valence-electron chi connectivity index (χ3n) is 1.81. The van der Waals surface area contributed by atoms with E-state index in [1.165, 1.54) is 22.9 Å². The van der Waals surface area contributed by atoms with Crippen molar-refractivity contribution in [2.24, 2.45) is 0 Å². The molecular weight excluding hydrogens is 337 g/mol. The maximum Gasteiger partial charge on any atom is 0.269 e. The maximum absolute atomic E-state index is 10.7. The van der Waals surface area contributed by atoms with E-state index in [9.17, 15) is 10.1 Å². The first-order valence-electron chi connectivity index (χ1n) is 4.90. The van der Waals surface area contributed by atoms with E-state index >= 15 is 0 Å². The molecule has 1 aromatic rings. The SMILES string of the molecule is CC(C)SSc1ccc([N+](=O)[O-])cc1C(Cl)(Cl)Cl.